The highest BCUT2D eigenvalue weighted by Crippen LogP contribution is 2.35. The van der Waals surface area contributed by atoms with Gasteiger partial charge in [0, 0.05) is 43.4 Å². The van der Waals surface area contributed by atoms with Gasteiger partial charge in [0.1, 0.15) is 5.75 Å². The van der Waals surface area contributed by atoms with E-state index in [2.05, 4.69) is 53.6 Å². The Labute approximate surface area is 205 Å². The molecule has 0 atom stereocenters. The molecular formula is C27H30N4O2S. The zero-order valence-electron chi connectivity index (χ0n) is 20.5. The molecule has 176 valence electrons. The molecule has 1 aromatic heterocycles. The lowest BCUT2D eigenvalue weighted by Gasteiger charge is -2.15. The van der Waals surface area contributed by atoms with Gasteiger partial charge in [-0.2, -0.15) is 0 Å². The molecule has 0 bridgehead atoms. The SMILES string of the molecule is CCN1C(=O)/C(=C\c2cc(C)n(-c3ccc(N(C)C)cc3)c2C)SC1=Nc1ccc(OC)cc1. The van der Waals surface area contributed by atoms with Crippen molar-refractivity contribution in [3.8, 4) is 11.4 Å². The first kappa shape index (κ1) is 23.7. The molecule has 0 unspecified atom stereocenters. The maximum Gasteiger partial charge on any atom is 0.266 e. The average Bonchev–Trinajstić information content (AvgIpc) is 3.28. The second kappa shape index (κ2) is 9.81. The van der Waals surface area contributed by atoms with Gasteiger partial charge >= 0.3 is 0 Å². The van der Waals surface area contributed by atoms with Crippen LogP contribution in [-0.2, 0) is 4.79 Å². The smallest absolute Gasteiger partial charge is 0.266 e. The van der Waals surface area contributed by atoms with Crippen molar-refractivity contribution in [2.75, 3.05) is 32.6 Å². The molecule has 1 aliphatic rings. The van der Waals surface area contributed by atoms with Crippen LogP contribution < -0.4 is 9.64 Å². The van der Waals surface area contributed by atoms with Crippen LogP contribution in [0.4, 0.5) is 11.4 Å². The molecule has 4 rings (SSSR count). The summed E-state index contributed by atoms with van der Waals surface area (Å²) in [7, 11) is 5.71. The Morgan fingerprint density at radius 3 is 2.32 bits per heavy atom. The number of hydrogen-bond donors (Lipinski definition) is 0. The van der Waals surface area contributed by atoms with Crippen LogP contribution in [0.2, 0.25) is 0 Å². The fraction of sp³-hybridized carbons (Fsp3) is 0.259. The highest BCUT2D eigenvalue weighted by Gasteiger charge is 2.32. The van der Waals surface area contributed by atoms with Crippen molar-refractivity contribution in [3.63, 3.8) is 0 Å². The molecule has 1 fully saturated rings. The summed E-state index contributed by atoms with van der Waals surface area (Å²) < 4.78 is 7.44. The first-order valence-electron chi connectivity index (χ1n) is 11.2. The molecule has 7 heteroatoms. The first-order chi connectivity index (χ1) is 16.3. The molecule has 0 saturated carbocycles. The summed E-state index contributed by atoms with van der Waals surface area (Å²) in [5, 5.41) is 0.692. The Bertz CT molecular complexity index is 1260. The number of anilines is 1. The van der Waals surface area contributed by atoms with Gasteiger partial charge in [-0.15, -0.1) is 0 Å². The highest BCUT2D eigenvalue weighted by molar-refractivity contribution is 8.18. The minimum Gasteiger partial charge on any atom is -0.497 e. The molecule has 2 aromatic carbocycles. The minimum atomic E-state index is -0.0140. The summed E-state index contributed by atoms with van der Waals surface area (Å²) >= 11 is 1.42. The van der Waals surface area contributed by atoms with Gasteiger partial charge in [-0.25, -0.2) is 4.99 Å². The van der Waals surface area contributed by atoms with Crippen LogP contribution in [0.25, 0.3) is 11.8 Å². The first-order valence-corrected chi connectivity index (χ1v) is 12.0. The normalized spacial score (nSPS) is 16.1. The van der Waals surface area contributed by atoms with Gasteiger partial charge in [0.25, 0.3) is 5.91 Å². The number of carbonyl (C=O) groups excluding carboxylic acids is 1. The van der Waals surface area contributed by atoms with Crippen molar-refractivity contribution in [3.05, 3.63) is 76.5 Å². The van der Waals surface area contributed by atoms with E-state index in [1.807, 2.05) is 51.4 Å². The zero-order valence-corrected chi connectivity index (χ0v) is 21.3. The van der Waals surface area contributed by atoms with Crippen LogP contribution in [0.1, 0.15) is 23.9 Å². The number of likely N-dealkylation sites (N-methyl/N-ethyl adjacent to an activating group) is 1. The Kier molecular flexibility index (Phi) is 6.84. The molecule has 34 heavy (non-hydrogen) atoms. The van der Waals surface area contributed by atoms with Crippen LogP contribution >= 0.6 is 11.8 Å². The molecule has 1 aliphatic heterocycles. The van der Waals surface area contributed by atoms with E-state index < -0.39 is 0 Å². The van der Waals surface area contributed by atoms with E-state index in [9.17, 15) is 4.79 Å². The molecule has 1 amide bonds. The van der Waals surface area contributed by atoms with Crippen molar-refractivity contribution in [1.29, 1.82) is 0 Å². The second-order valence-corrected chi connectivity index (χ2v) is 9.33. The minimum absolute atomic E-state index is 0.0140. The number of aliphatic imine (C=N–C) groups is 1. The van der Waals surface area contributed by atoms with E-state index in [1.165, 1.54) is 11.8 Å². The maximum absolute atomic E-state index is 13.1. The topological polar surface area (TPSA) is 50.1 Å². The number of methoxy groups -OCH3 is 1. The molecule has 0 radical (unpaired) electrons. The number of nitrogens with zero attached hydrogens (tertiary/aromatic N) is 4. The summed E-state index contributed by atoms with van der Waals surface area (Å²) in [6.45, 7) is 6.71. The van der Waals surface area contributed by atoms with Gasteiger partial charge in [-0.05, 0) is 98.8 Å². The Balaban J connectivity index is 1.65. The summed E-state index contributed by atoms with van der Waals surface area (Å²) in [6, 6.07) is 18.1. The Hall–Kier alpha value is -3.45. The van der Waals surface area contributed by atoms with Crippen molar-refractivity contribution < 1.29 is 9.53 Å². The third-order valence-electron chi connectivity index (χ3n) is 5.88. The summed E-state index contributed by atoms with van der Waals surface area (Å²) in [5.74, 6) is 0.763. The van der Waals surface area contributed by atoms with E-state index in [0.717, 1.165) is 39.8 Å². The molecule has 0 spiro atoms. The lowest BCUT2D eigenvalue weighted by Crippen LogP contribution is -2.28. The molecular weight excluding hydrogens is 444 g/mol. The monoisotopic (exact) mass is 474 g/mol. The van der Waals surface area contributed by atoms with E-state index in [4.69, 9.17) is 9.73 Å². The van der Waals surface area contributed by atoms with Gasteiger partial charge in [0.15, 0.2) is 5.17 Å². The fourth-order valence-corrected chi connectivity index (χ4v) is 5.06. The van der Waals surface area contributed by atoms with Gasteiger partial charge in [-0.3, -0.25) is 9.69 Å². The second-order valence-electron chi connectivity index (χ2n) is 8.33. The highest BCUT2D eigenvalue weighted by atomic mass is 32.2. The predicted molar refractivity (Wildman–Crippen MR) is 143 cm³/mol. The number of ether oxygens (including phenoxy) is 1. The van der Waals surface area contributed by atoms with Gasteiger partial charge in [-0.1, -0.05) is 0 Å². The number of hydrogen-bond acceptors (Lipinski definition) is 5. The number of aromatic nitrogens is 1. The van der Waals surface area contributed by atoms with Crippen LogP contribution in [0.3, 0.4) is 0 Å². The Morgan fingerprint density at radius 1 is 1.06 bits per heavy atom. The van der Waals surface area contributed by atoms with Gasteiger partial charge in [0.05, 0.1) is 17.7 Å². The zero-order chi connectivity index (χ0) is 24.4. The van der Waals surface area contributed by atoms with Crippen LogP contribution in [0.15, 0.2) is 64.5 Å². The van der Waals surface area contributed by atoms with E-state index in [-0.39, 0.29) is 5.91 Å². The maximum atomic E-state index is 13.1. The number of amidine groups is 1. The summed E-state index contributed by atoms with van der Waals surface area (Å²) in [5.41, 5.74) is 6.30. The largest absolute Gasteiger partial charge is 0.497 e. The quantitative estimate of drug-likeness (QED) is 0.424. The number of carbonyl (C=O) groups is 1. The predicted octanol–water partition coefficient (Wildman–Crippen LogP) is 5.79. The number of thioether (sulfide) groups is 1. The number of amides is 1. The molecule has 0 aliphatic carbocycles. The third-order valence-corrected chi connectivity index (χ3v) is 6.89. The van der Waals surface area contributed by atoms with E-state index >= 15 is 0 Å². The Morgan fingerprint density at radius 2 is 1.74 bits per heavy atom. The van der Waals surface area contributed by atoms with Gasteiger partial charge in [0.2, 0.25) is 0 Å². The summed E-state index contributed by atoms with van der Waals surface area (Å²) in [6.07, 6.45) is 1.99. The van der Waals surface area contributed by atoms with Crippen molar-refractivity contribution in [2.24, 2.45) is 4.99 Å². The van der Waals surface area contributed by atoms with E-state index in [1.54, 1.807) is 12.0 Å². The lowest BCUT2D eigenvalue weighted by atomic mass is 10.2. The van der Waals surface area contributed by atoms with Crippen molar-refractivity contribution in [1.82, 2.24) is 9.47 Å². The standard InChI is InChI=1S/C27H30N4O2S/c1-7-30-26(32)25(34-27(30)28-21-8-14-24(33-6)15-9-21)17-20-16-18(2)31(19(20)3)23-12-10-22(11-13-23)29(4)5/h8-17H,7H2,1-6H3/b25-17+,28-27?. The molecule has 2 heterocycles. The number of benzene rings is 2. The molecule has 0 N–H and O–H groups in total. The van der Waals surface area contributed by atoms with Crippen molar-refractivity contribution in [2.45, 2.75) is 20.8 Å². The number of rotatable bonds is 6. The van der Waals surface area contributed by atoms with Crippen LogP contribution in [-0.4, -0.2) is 48.3 Å². The third kappa shape index (κ3) is 4.61. The van der Waals surface area contributed by atoms with Crippen molar-refractivity contribution >= 4 is 40.3 Å². The van der Waals surface area contributed by atoms with Crippen LogP contribution in [0, 0.1) is 13.8 Å². The molecule has 1 saturated heterocycles. The summed E-state index contributed by atoms with van der Waals surface area (Å²) in [4.78, 5) is 22.3. The number of aryl methyl sites for hydroxylation is 1. The van der Waals surface area contributed by atoms with Crippen LogP contribution in [0.5, 0.6) is 5.75 Å². The van der Waals surface area contributed by atoms with Gasteiger partial charge < -0.3 is 14.2 Å². The fourth-order valence-electron chi connectivity index (χ4n) is 4.01. The average molecular weight is 475 g/mol. The molecule has 6 nitrogen and oxygen atoms in total. The van der Waals surface area contributed by atoms with E-state index in [0.29, 0.717) is 16.6 Å². The molecule has 3 aromatic rings. The lowest BCUT2D eigenvalue weighted by molar-refractivity contribution is -0.122.